The summed E-state index contributed by atoms with van der Waals surface area (Å²) in [6.45, 7) is 5.99. The predicted octanol–water partition coefficient (Wildman–Crippen LogP) is 5.39. The minimum absolute atomic E-state index is 0. The monoisotopic (exact) mass is 632 g/mol. The molecular formula is C35H37KN4O5. The summed E-state index contributed by atoms with van der Waals surface area (Å²) in [6, 6.07) is 23.6. The molecule has 0 bridgehead atoms. The second-order valence-electron chi connectivity index (χ2n) is 11.0. The molecule has 0 aliphatic carbocycles. The summed E-state index contributed by atoms with van der Waals surface area (Å²) in [5.41, 5.74) is 5.86. The van der Waals surface area contributed by atoms with Crippen LogP contribution >= 0.6 is 0 Å². The Bertz CT molecular complexity index is 1840. The van der Waals surface area contributed by atoms with Gasteiger partial charge in [0.05, 0.1) is 31.0 Å². The first-order valence-electron chi connectivity index (χ1n) is 15.3. The van der Waals surface area contributed by atoms with Crippen LogP contribution < -0.4 is 16.1 Å². The van der Waals surface area contributed by atoms with E-state index in [2.05, 4.69) is 17.1 Å². The van der Waals surface area contributed by atoms with E-state index >= 15 is 0 Å². The van der Waals surface area contributed by atoms with Gasteiger partial charge in [-0.05, 0) is 47.2 Å². The molecular weight excluding hydrogens is 596 g/mol. The summed E-state index contributed by atoms with van der Waals surface area (Å²) in [6.07, 6.45) is 4.16. The van der Waals surface area contributed by atoms with Crippen LogP contribution in [0.25, 0.3) is 33.6 Å². The summed E-state index contributed by atoms with van der Waals surface area (Å²) in [5.74, 6) is 1.37. The maximum absolute atomic E-state index is 14.2. The van der Waals surface area contributed by atoms with Gasteiger partial charge >= 0.3 is 57.1 Å². The van der Waals surface area contributed by atoms with Crippen LogP contribution in [0.5, 0.6) is 5.75 Å². The molecule has 1 aliphatic heterocycles. The molecule has 2 aromatic heterocycles. The van der Waals surface area contributed by atoms with Crippen LogP contribution in [0.15, 0.2) is 86.9 Å². The van der Waals surface area contributed by atoms with Gasteiger partial charge in [-0.25, -0.2) is 9.78 Å². The van der Waals surface area contributed by atoms with Gasteiger partial charge in [-0.3, -0.25) is 18.9 Å². The quantitative estimate of drug-likeness (QED) is 0.206. The summed E-state index contributed by atoms with van der Waals surface area (Å²) >= 11 is 0. The SMILES string of the molecule is CCCc1nc(CC)c(-c2ccc(OC3CCOCC3)cc2)c(=O)n1Cc1ccc(-c2ccccc2-c2noc(=O)[nH]2)cc1.[KH]. The molecule has 3 aromatic carbocycles. The van der Waals surface area contributed by atoms with Crippen LogP contribution in [-0.2, 0) is 24.1 Å². The number of aryl methyl sites for hydroxylation is 2. The third-order valence-corrected chi connectivity index (χ3v) is 7.97. The number of nitrogens with one attached hydrogen (secondary N) is 1. The van der Waals surface area contributed by atoms with Gasteiger partial charge in [0.15, 0.2) is 5.82 Å². The molecule has 1 fully saturated rings. The number of ether oxygens (including phenoxy) is 2. The van der Waals surface area contributed by atoms with Crippen LogP contribution in [0.2, 0.25) is 0 Å². The molecule has 0 unspecified atom stereocenters. The van der Waals surface area contributed by atoms with Gasteiger partial charge in [0.2, 0.25) is 0 Å². The van der Waals surface area contributed by atoms with Crippen molar-refractivity contribution >= 4 is 51.4 Å². The van der Waals surface area contributed by atoms with E-state index in [0.29, 0.717) is 30.8 Å². The zero-order valence-electron chi connectivity index (χ0n) is 25.0. The van der Waals surface area contributed by atoms with Crippen molar-refractivity contribution in [1.82, 2.24) is 19.7 Å². The zero-order valence-corrected chi connectivity index (χ0v) is 25.0. The average Bonchev–Trinajstić information content (AvgIpc) is 3.50. The Morgan fingerprint density at radius 1 is 0.911 bits per heavy atom. The van der Waals surface area contributed by atoms with E-state index < -0.39 is 5.76 Å². The Balaban J connectivity index is 0.00000400. The molecule has 45 heavy (non-hydrogen) atoms. The Kier molecular flexibility index (Phi) is 11.4. The molecule has 1 saturated heterocycles. The van der Waals surface area contributed by atoms with E-state index in [1.54, 1.807) is 0 Å². The molecule has 9 nitrogen and oxygen atoms in total. The number of nitrogens with zero attached hydrogens (tertiary/aromatic N) is 3. The normalized spacial score (nSPS) is 13.4. The first kappa shape index (κ1) is 33.2. The van der Waals surface area contributed by atoms with Crippen LogP contribution in [-0.4, -0.2) is 90.4 Å². The summed E-state index contributed by atoms with van der Waals surface area (Å²) in [5, 5.41) is 3.86. The van der Waals surface area contributed by atoms with Gasteiger partial charge in [0.25, 0.3) is 5.56 Å². The molecule has 0 saturated carbocycles. The average molecular weight is 633 g/mol. The van der Waals surface area contributed by atoms with Crippen molar-refractivity contribution < 1.29 is 14.0 Å². The van der Waals surface area contributed by atoms with Gasteiger partial charge in [-0.15, -0.1) is 0 Å². The molecule has 0 radical (unpaired) electrons. The van der Waals surface area contributed by atoms with Crippen molar-refractivity contribution in [3.8, 4) is 39.4 Å². The van der Waals surface area contributed by atoms with Crippen molar-refractivity contribution in [1.29, 1.82) is 0 Å². The third-order valence-electron chi connectivity index (χ3n) is 7.97. The van der Waals surface area contributed by atoms with Crippen molar-refractivity contribution in [3.05, 3.63) is 111 Å². The molecule has 10 heteroatoms. The van der Waals surface area contributed by atoms with Crippen molar-refractivity contribution in [2.75, 3.05) is 13.2 Å². The second kappa shape index (κ2) is 15.4. The first-order valence-corrected chi connectivity index (χ1v) is 15.3. The zero-order chi connectivity index (χ0) is 30.5. The van der Waals surface area contributed by atoms with E-state index in [0.717, 1.165) is 77.6 Å². The van der Waals surface area contributed by atoms with Gasteiger partial charge < -0.3 is 9.47 Å². The van der Waals surface area contributed by atoms with E-state index in [-0.39, 0.29) is 63.0 Å². The number of aromatic nitrogens is 4. The van der Waals surface area contributed by atoms with Crippen molar-refractivity contribution in [2.45, 2.75) is 58.6 Å². The summed E-state index contributed by atoms with van der Waals surface area (Å²) in [4.78, 5) is 33.4. The van der Waals surface area contributed by atoms with Crippen LogP contribution in [0.4, 0.5) is 0 Å². The number of hydrogen-bond acceptors (Lipinski definition) is 7. The molecule has 1 aliphatic rings. The number of hydrogen-bond donors (Lipinski definition) is 1. The van der Waals surface area contributed by atoms with E-state index in [1.807, 2.05) is 84.3 Å². The van der Waals surface area contributed by atoms with Crippen LogP contribution in [0.1, 0.15) is 50.2 Å². The third kappa shape index (κ3) is 7.65. The molecule has 0 amide bonds. The minimum atomic E-state index is -0.597. The number of H-pyrrole nitrogens is 1. The van der Waals surface area contributed by atoms with Gasteiger partial charge in [-0.2, -0.15) is 0 Å². The summed E-state index contributed by atoms with van der Waals surface area (Å²) in [7, 11) is 0. The summed E-state index contributed by atoms with van der Waals surface area (Å²) < 4.78 is 18.1. The molecule has 228 valence electrons. The van der Waals surface area contributed by atoms with E-state index in [4.69, 9.17) is 19.0 Å². The van der Waals surface area contributed by atoms with Crippen LogP contribution in [0.3, 0.4) is 0 Å². The molecule has 0 atom stereocenters. The molecule has 6 rings (SSSR count). The number of rotatable bonds is 10. The maximum atomic E-state index is 14.2. The Morgan fingerprint density at radius 2 is 1.60 bits per heavy atom. The van der Waals surface area contributed by atoms with Crippen molar-refractivity contribution in [2.24, 2.45) is 0 Å². The van der Waals surface area contributed by atoms with E-state index in [1.165, 1.54) is 0 Å². The van der Waals surface area contributed by atoms with Gasteiger partial charge in [-0.1, -0.05) is 79.7 Å². The fraction of sp³-hybridized carbons (Fsp3) is 0.314. The molecule has 3 heterocycles. The van der Waals surface area contributed by atoms with Gasteiger partial charge in [0, 0.05) is 24.8 Å². The van der Waals surface area contributed by atoms with Crippen LogP contribution in [0, 0.1) is 0 Å². The fourth-order valence-corrected chi connectivity index (χ4v) is 5.72. The Labute approximate surface area is 304 Å². The molecule has 0 spiro atoms. The Morgan fingerprint density at radius 3 is 2.24 bits per heavy atom. The predicted molar refractivity (Wildman–Crippen MR) is 176 cm³/mol. The van der Waals surface area contributed by atoms with Crippen molar-refractivity contribution in [3.63, 3.8) is 0 Å². The number of aromatic amines is 1. The molecule has 1 N–H and O–H groups in total. The first-order chi connectivity index (χ1) is 21.5. The van der Waals surface area contributed by atoms with E-state index in [9.17, 15) is 9.59 Å². The standard InChI is InChI=1S/C35H36N4O5.K.H/c1-3-7-31-36-30(4-2)32(25-14-16-26(17-15-25)43-27-18-20-42-21-19-27)34(40)39(31)22-23-10-12-24(13-11-23)28-8-5-6-9-29(28)33-37-35(41)44-38-33;;/h5-6,8-17,27H,3-4,7,18-22H2,1-2H3,(H,37,38,41);;. The fourth-order valence-electron chi connectivity index (χ4n) is 5.72. The number of benzene rings is 3. The molecule has 5 aromatic rings. The second-order valence-corrected chi connectivity index (χ2v) is 11.0. The van der Waals surface area contributed by atoms with Gasteiger partial charge in [0.1, 0.15) is 17.7 Å². The topological polar surface area (TPSA) is 112 Å². The Hall–Kier alpha value is -3.12.